The van der Waals surface area contributed by atoms with E-state index in [0.29, 0.717) is 10.6 Å². The summed E-state index contributed by atoms with van der Waals surface area (Å²) in [5.74, 6) is -1.61. The monoisotopic (exact) mass is 486 g/mol. The quantitative estimate of drug-likeness (QED) is 0.339. The van der Waals surface area contributed by atoms with Crippen molar-refractivity contribution in [3.63, 3.8) is 0 Å². The molecule has 4 rings (SSSR count). The zero-order valence-electron chi connectivity index (χ0n) is 20.1. The summed E-state index contributed by atoms with van der Waals surface area (Å²) < 4.78 is 0. The van der Waals surface area contributed by atoms with Gasteiger partial charge in [-0.15, -0.1) is 0 Å². The number of nitrogens with one attached hydrogen (secondary N) is 1. The van der Waals surface area contributed by atoms with E-state index in [4.69, 9.17) is 16.6 Å². The maximum absolute atomic E-state index is 12.8. The number of aromatic nitrogens is 1. The van der Waals surface area contributed by atoms with Crippen LogP contribution < -0.4 is 5.32 Å². The Morgan fingerprint density at radius 1 is 0.943 bits per heavy atom. The average Bonchev–Trinajstić information content (AvgIpc) is 2.77. The van der Waals surface area contributed by atoms with E-state index >= 15 is 0 Å². The number of carbonyl (C=O) groups excluding carboxylic acids is 1. The molecule has 0 saturated heterocycles. The van der Waals surface area contributed by atoms with Crippen LogP contribution in [0.25, 0.3) is 22.2 Å². The van der Waals surface area contributed by atoms with Gasteiger partial charge in [0.05, 0.1) is 21.8 Å². The molecule has 2 N–H and O–H groups in total. The Balaban J connectivity index is 1.59. The second-order valence-corrected chi connectivity index (χ2v) is 9.40. The topological polar surface area (TPSA) is 79.3 Å². The summed E-state index contributed by atoms with van der Waals surface area (Å²) in [6.07, 6.45) is 0.137. The minimum Gasteiger partial charge on any atom is -0.480 e. The smallest absolute Gasteiger partial charge is 0.326 e. The van der Waals surface area contributed by atoms with Gasteiger partial charge >= 0.3 is 5.97 Å². The Hall–Kier alpha value is -3.70. The van der Waals surface area contributed by atoms with Crippen LogP contribution in [0.1, 0.15) is 38.2 Å². The second kappa shape index (κ2) is 9.88. The Morgan fingerprint density at radius 3 is 2.31 bits per heavy atom. The van der Waals surface area contributed by atoms with E-state index in [1.807, 2.05) is 30.3 Å². The molecule has 1 unspecified atom stereocenters. The number of carboxylic acid groups (broad SMARTS) is 1. The van der Waals surface area contributed by atoms with Gasteiger partial charge in [0.15, 0.2) is 0 Å². The fourth-order valence-electron chi connectivity index (χ4n) is 4.61. The number of halogens is 1. The van der Waals surface area contributed by atoms with Crippen LogP contribution in [0.15, 0.2) is 60.7 Å². The number of hydrogen-bond acceptors (Lipinski definition) is 3. The number of hydrogen-bond donors (Lipinski definition) is 2. The molecule has 178 valence electrons. The van der Waals surface area contributed by atoms with Gasteiger partial charge in [-0.2, -0.15) is 0 Å². The van der Waals surface area contributed by atoms with Gasteiger partial charge < -0.3 is 10.4 Å². The van der Waals surface area contributed by atoms with E-state index in [1.54, 1.807) is 25.1 Å². The minimum atomic E-state index is -1.11. The molecule has 0 radical (unpaired) electrons. The van der Waals surface area contributed by atoms with E-state index in [9.17, 15) is 14.7 Å². The van der Waals surface area contributed by atoms with Crippen LogP contribution in [0.4, 0.5) is 0 Å². The molecule has 0 spiro atoms. The van der Waals surface area contributed by atoms with Crippen molar-refractivity contribution in [2.75, 3.05) is 0 Å². The number of nitrogens with zero attached hydrogens (tertiary/aromatic N) is 1. The number of aryl methyl sites for hydroxylation is 4. The SMILES string of the molecule is Cc1cc(C)c(-c2ccc3cc(CC(NC(=O)c4c(C)cccc4Cl)C(=O)O)ccc3n2)c(C)c1. The lowest BCUT2D eigenvalue weighted by Gasteiger charge is -2.17. The van der Waals surface area contributed by atoms with Gasteiger partial charge in [-0.1, -0.05) is 53.6 Å². The molecule has 0 bridgehead atoms. The molecule has 1 atom stereocenters. The molecule has 0 saturated carbocycles. The molecule has 4 aromatic rings. The first-order valence-corrected chi connectivity index (χ1v) is 11.8. The van der Waals surface area contributed by atoms with Crippen LogP contribution in [-0.2, 0) is 11.2 Å². The average molecular weight is 487 g/mol. The third-order valence-electron chi connectivity index (χ3n) is 6.18. The molecule has 1 amide bonds. The summed E-state index contributed by atoms with van der Waals surface area (Å²) in [6, 6.07) is 18.0. The maximum Gasteiger partial charge on any atom is 0.326 e. The molecule has 0 fully saturated rings. The first-order valence-electron chi connectivity index (χ1n) is 11.4. The third kappa shape index (κ3) is 5.20. The van der Waals surface area contributed by atoms with Gasteiger partial charge in [-0.3, -0.25) is 4.79 Å². The van der Waals surface area contributed by atoms with E-state index in [-0.39, 0.29) is 12.0 Å². The lowest BCUT2D eigenvalue weighted by molar-refractivity contribution is -0.139. The molecule has 3 aromatic carbocycles. The van der Waals surface area contributed by atoms with Crippen LogP contribution in [0.3, 0.4) is 0 Å². The Bertz CT molecular complexity index is 1420. The van der Waals surface area contributed by atoms with Crippen LogP contribution in [0.2, 0.25) is 5.02 Å². The Morgan fingerprint density at radius 2 is 1.66 bits per heavy atom. The molecular formula is C29H27ClN2O3. The summed E-state index contributed by atoms with van der Waals surface area (Å²) >= 11 is 6.18. The molecule has 35 heavy (non-hydrogen) atoms. The summed E-state index contributed by atoms with van der Waals surface area (Å²) in [5.41, 5.74) is 8.21. The van der Waals surface area contributed by atoms with Gasteiger partial charge in [-0.25, -0.2) is 9.78 Å². The lowest BCUT2D eigenvalue weighted by Crippen LogP contribution is -2.42. The molecule has 1 aromatic heterocycles. The van der Waals surface area contributed by atoms with Crippen LogP contribution in [-0.4, -0.2) is 28.0 Å². The molecule has 0 aliphatic carbocycles. The van der Waals surface area contributed by atoms with E-state index in [2.05, 4.69) is 38.2 Å². The minimum absolute atomic E-state index is 0.137. The highest BCUT2D eigenvalue weighted by atomic mass is 35.5. The van der Waals surface area contributed by atoms with Gasteiger partial charge in [0, 0.05) is 17.4 Å². The molecule has 5 nitrogen and oxygen atoms in total. The standard InChI is InChI=1S/C29H27ClN2O3/c1-16-12-18(3)26(19(4)13-16)24-11-9-21-14-20(8-10-23(21)31-24)15-25(29(34)35)32-28(33)27-17(2)6-5-7-22(27)30/h5-14,25H,15H2,1-4H3,(H,32,33)(H,34,35). The van der Waals surface area contributed by atoms with Crippen molar-refractivity contribution >= 4 is 34.4 Å². The number of carboxylic acids is 1. The zero-order valence-corrected chi connectivity index (χ0v) is 20.9. The number of aliphatic carboxylic acids is 1. The Kier molecular flexibility index (Phi) is 6.90. The van der Waals surface area contributed by atoms with Crippen LogP contribution in [0, 0.1) is 27.7 Å². The fourth-order valence-corrected chi connectivity index (χ4v) is 4.92. The van der Waals surface area contributed by atoms with E-state index < -0.39 is 17.9 Å². The highest BCUT2D eigenvalue weighted by Gasteiger charge is 2.23. The molecular weight excluding hydrogens is 460 g/mol. The third-order valence-corrected chi connectivity index (χ3v) is 6.49. The van der Waals surface area contributed by atoms with Crippen molar-refractivity contribution in [3.05, 3.63) is 99.1 Å². The van der Waals surface area contributed by atoms with E-state index in [0.717, 1.165) is 27.7 Å². The number of pyridine rings is 1. The van der Waals surface area contributed by atoms with Crippen molar-refractivity contribution in [3.8, 4) is 11.3 Å². The van der Waals surface area contributed by atoms with Crippen molar-refractivity contribution in [2.24, 2.45) is 0 Å². The predicted octanol–water partition coefficient (Wildman–Crippen LogP) is 6.21. The van der Waals surface area contributed by atoms with Gasteiger partial charge in [0.1, 0.15) is 6.04 Å². The number of carbonyl (C=O) groups is 2. The first kappa shape index (κ1) is 24.4. The zero-order chi connectivity index (χ0) is 25.3. The summed E-state index contributed by atoms with van der Waals surface area (Å²) in [7, 11) is 0. The molecule has 1 heterocycles. The van der Waals surface area contributed by atoms with E-state index in [1.165, 1.54) is 16.7 Å². The van der Waals surface area contributed by atoms with Gasteiger partial charge in [-0.05, 0) is 74.2 Å². The predicted molar refractivity (Wildman–Crippen MR) is 140 cm³/mol. The van der Waals surface area contributed by atoms with Crippen molar-refractivity contribution in [2.45, 2.75) is 40.2 Å². The Labute approximate surface area is 209 Å². The van der Waals surface area contributed by atoms with Gasteiger partial charge in [0.25, 0.3) is 5.91 Å². The summed E-state index contributed by atoms with van der Waals surface area (Å²) in [4.78, 5) is 29.6. The normalized spacial score (nSPS) is 11.9. The number of fused-ring (bicyclic) bond motifs is 1. The molecule has 0 aliphatic rings. The molecule has 0 aliphatic heterocycles. The van der Waals surface area contributed by atoms with Crippen LogP contribution >= 0.6 is 11.6 Å². The lowest BCUT2D eigenvalue weighted by atomic mass is 9.96. The largest absolute Gasteiger partial charge is 0.480 e. The first-order chi connectivity index (χ1) is 16.6. The number of rotatable bonds is 6. The van der Waals surface area contributed by atoms with Crippen molar-refractivity contribution < 1.29 is 14.7 Å². The second-order valence-electron chi connectivity index (χ2n) is 9.00. The summed E-state index contributed by atoms with van der Waals surface area (Å²) in [6.45, 7) is 8.03. The fraction of sp³-hybridized carbons (Fsp3) is 0.207. The van der Waals surface area contributed by atoms with Crippen molar-refractivity contribution in [1.82, 2.24) is 10.3 Å². The highest BCUT2D eigenvalue weighted by Crippen LogP contribution is 2.29. The van der Waals surface area contributed by atoms with Gasteiger partial charge in [0.2, 0.25) is 0 Å². The molecule has 6 heteroatoms. The van der Waals surface area contributed by atoms with Crippen molar-refractivity contribution in [1.29, 1.82) is 0 Å². The summed E-state index contributed by atoms with van der Waals surface area (Å²) in [5, 5.41) is 13.6. The highest BCUT2D eigenvalue weighted by molar-refractivity contribution is 6.34. The number of benzene rings is 3. The maximum atomic E-state index is 12.8. The van der Waals surface area contributed by atoms with Crippen LogP contribution in [0.5, 0.6) is 0 Å². The number of amides is 1.